The molecule has 0 unspecified atom stereocenters. The van der Waals surface area contributed by atoms with Gasteiger partial charge in [0.15, 0.2) is 5.82 Å². The molecule has 1 amide bonds. The first-order valence-electron chi connectivity index (χ1n) is 7.77. The first-order valence-corrected chi connectivity index (χ1v) is 7.77. The normalized spacial score (nSPS) is 24.5. The number of rotatable bonds is 5. The number of nitrogens with one attached hydrogen (secondary N) is 3. The lowest BCUT2D eigenvalue weighted by Crippen LogP contribution is -2.32. The van der Waals surface area contributed by atoms with Crippen molar-refractivity contribution in [3.8, 4) is 0 Å². The van der Waals surface area contributed by atoms with Crippen molar-refractivity contribution in [1.29, 1.82) is 0 Å². The molecule has 3 heterocycles. The van der Waals surface area contributed by atoms with E-state index in [0.717, 1.165) is 24.2 Å². The van der Waals surface area contributed by atoms with Gasteiger partial charge in [0.05, 0.1) is 6.10 Å². The Balaban J connectivity index is 1.31. The Morgan fingerprint density at radius 2 is 2.27 bits per heavy atom. The number of carbonyl (C=O) groups is 1. The van der Waals surface area contributed by atoms with Crippen LogP contribution in [0.1, 0.15) is 59.6 Å². The maximum Gasteiger partial charge on any atom is 0.268 e. The highest BCUT2D eigenvalue weighted by atomic mass is 16.5. The maximum absolute atomic E-state index is 12.3. The number of amides is 1. The fourth-order valence-electron chi connectivity index (χ4n) is 3.03. The standard InChI is InChI=1S/C15H19N5O2/c21-15(13-11(5-6-16-13)9-1-2-9)17-7-10-3-4-12(22-10)14-18-8-19-20-14/h5-6,8-10,12,16H,1-4,7H2,(H,17,21)(H,18,19,20)/t10-,12+/m1/s1. The molecule has 2 atom stereocenters. The lowest BCUT2D eigenvalue weighted by atomic mass is 10.1. The van der Waals surface area contributed by atoms with Gasteiger partial charge in [-0.15, -0.1) is 0 Å². The SMILES string of the molecule is O=C(NC[C@H]1CC[C@@H](c2ncn[nH]2)O1)c1[nH]ccc1C1CC1. The number of nitrogens with zero attached hydrogens (tertiary/aromatic N) is 2. The molecule has 3 N–H and O–H groups in total. The molecule has 1 saturated carbocycles. The molecule has 0 bridgehead atoms. The number of carbonyl (C=O) groups excluding carboxylic acids is 1. The van der Waals surface area contributed by atoms with Crippen molar-refractivity contribution in [2.24, 2.45) is 0 Å². The van der Waals surface area contributed by atoms with Crippen molar-refractivity contribution in [2.75, 3.05) is 6.54 Å². The van der Waals surface area contributed by atoms with Crippen LogP contribution in [0.25, 0.3) is 0 Å². The van der Waals surface area contributed by atoms with Gasteiger partial charge in [0.25, 0.3) is 5.91 Å². The summed E-state index contributed by atoms with van der Waals surface area (Å²) < 4.78 is 5.90. The van der Waals surface area contributed by atoms with E-state index in [2.05, 4.69) is 25.5 Å². The monoisotopic (exact) mass is 301 g/mol. The van der Waals surface area contributed by atoms with Gasteiger partial charge < -0.3 is 15.0 Å². The smallest absolute Gasteiger partial charge is 0.268 e. The molecule has 2 aromatic rings. The van der Waals surface area contributed by atoms with Crippen LogP contribution in [0.2, 0.25) is 0 Å². The van der Waals surface area contributed by atoms with E-state index in [9.17, 15) is 4.79 Å². The highest BCUT2D eigenvalue weighted by Crippen LogP contribution is 2.41. The second kappa shape index (κ2) is 5.57. The lowest BCUT2D eigenvalue weighted by molar-refractivity contribution is 0.0392. The van der Waals surface area contributed by atoms with Gasteiger partial charge in [-0.1, -0.05) is 0 Å². The van der Waals surface area contributed by atoms with Crippen molar-refractivity contribution in [3.63, 3.8) is 0 Å². The Hall–Kier alpha value is -2.15. The molecule has 7 heteroatoms. The first-order chi connectivity index (χ1) is 10.8. The van der Waals surface area contributed by atoms with Crippen LogP contribution in [0.4, 0.5) is 0 Å². The molecule has 2 aliphatic rings. The van der Waals surface area contributed by atoms with E-state index in [-0.39, 0.29) is 18.1 Å². The number of aromatic nitrogens is 4. The number of hydrogen-bond donors (Lipinski definition) is 3. The summed E-state index contributed by atoms with van der Waals surface area (Å²) in [4.78, 5) is 19.5. The molecule has 1 saturated heterocycles. The molecule has 4 rings (SSSR count). The van der Waals surface area contributed by atoms with Crippen molar-refractivity contribution in [2.45, 2.75) is 43.8 Å². The van der Waals surface area contributed by atoms with Crippen molar-refractivity contribution >= 4 is 5.91 Å². The molecular weight excluding hydrogens is 282 g/mol. The highest BCUT2D eigenvalue weighted by molar-refractivity contribution is 5.94. The Labute approximate surface area is 127 Å². The average molecular weight is 301 g/mol. The summed E-state index contributed by atoms with van der Waals surface area (Å²) in [5, 5.41) is 9.65. The third-order valence-corrected chi connectivity index (χ3v) is 4.36. The quantitative estimate of drug-likeness (QED) is 0.782. The van der Waals surface area contributed by atoms with Gasteiger partial charge in [-0.25, -0.2) is 4.98 Å². The van der Waals surface area contributed by atoms with Crippen LogP contribution < -0.4 is 5.32 Å². The predicted molar refractivity (Wildman–Crippen MR) is 78.3 cm³/mol. The summed E-state index contributed by atoms with van der Waals surface area (Å²) in [5.41, 5.74) is 1.84. The van der Waals surface area contributed by atoms with Gasteiger partial charge in [0.2, 0.25) is 0 Å². The Kier molecular flexibility index (Phi) is 3.42. The molecule has 1 aliphatic heterocycles. The third-order valence-electron chi connectivity index (χ3n) is 4.36. The van der Waals surface area contributed by atoms with Gasteiger partial charge in [0, 0.05) is 12.7 Å². The number of ether oxygens (including phenoxy) is 1. The summed E-state index contributed by atoms with van der Waals surface area (Å²) in [5.74, 6) is 1.28. The van der Waals surface area contributed by atoms with Gasteiger partial charge in [-0.2, -0.15) is 5.10 Å². The van der Waals surface area contributed by atoms with Crippen molar-refractivity contribution < 1.29 is 9.53 Å². The Morgan fingerprint density at radius 3 is 3.05 bits per heavy atom. The topological polar surface area (TPSA) is 95.7 Å². The molecule has 7 nitrogen and oxygen atoms in total. The van der Waals surface area contributed by atoms with E-state index in [0.29, 0.717) is 18.2 Å². The molecule has 1 aliphatic carbocycles. The largest absolute Gasteiger partial charge is 0.365 e. The molecule has 2 fully saturated rings. The van der Waals surface area contributed by atoms with E-state index in [1.807, 2.05) is 12.3 Å². The Bertz CT molecular complexity index is 647. The van der Waals surface area contributed by atoms with Crippen LogP contribution in [0.15, 0.2) is 18.6 Å². The van der Waals surface area contributed by atoms with Crippen LogP contribution in [0.5, 0.6) is 0 Å². The van der Waals surface area contributed by atoms with E-state index in [4.69, 9.17) is 4.74 Å². The minimum absolute atomic E-state index is 0.0263. The summed E-state index contributed by atoms with van der Waals surface area (Å²) in [6.45, 7) is 0.520. The second-order valence-electron chi connectivity index (χ2n) is 5.99. The molecule has 116 valence electrons. The van der Waals surface area contributed by atoms with Gasteiger partial charge in [-0.3, -0.25) is 9.89 Å². The van der Waals surface area contributed by atoms with Crippen LogP contribution in [0.3, 0.4) is 0 Å². The minimum atomic E-state index is -0.0445. The van der Waals surface area contributed by atoms with Crippen LogP contribution in [-0.2, 0) is 4.74 Å². The summed E-state index contributed by atoms with van der Waals surface area (Å²) in [7, 11) is 0. The molecule has 0 aromatic carbocycles. The van der Waals surface area contributed by atoms with Gasteiger partial charge in [-0.05, 0) is 43.2 Å². The molecule has 2 aromatic heterocycles. The fraction of sp³-hybridized carbons (Fsp3) is 0.533. The van der Waals surface area contributed by atoms with Crippen LogP contribution in [0, 0.1) is 0 Å². The molecular formula is C15H19N5O2. The zero-order valence-corrected chi connectivity index (χ0v) is 12.2. The number of aromatic amines is 2. The number of H-pyrrole nitrogens is 2. The van der Waals surface area contributed by atoms with Crippen molar-refractivity contribution in [1.82, 2.24) is 25.5 Å². The average Bonchev–Trinajstić information content (AvgIpc) is 3.02. The Morgan fingerprint density at radius 1 is 1.36 bits per heavy atom. The van der Waals surface area contributed by atoms with E-state index >= 15 is 0 Å². The first kappa shape index (κ1) is 13.5. The molecule has 0 radical (unpaired) electrons. The summed E-state index contributed by atoms with van der Waals surface area (Å²) in [6, 6.07) is 2.01. The summed E-state index contributed by atoms with van der Waals surface area (Å²) >= 11 is 0. The van der Waals surface area contributed by atoms with E-state index in [1.165, 1.54) is 19.2 Å². The molecule has 0 spiro atoms. The maximum atomic E-state index is 12.3. The third kappa shape index (κ3) is 2.64. The van der Waals surface area contributed by atoms with Crippen LogP contribution in [-0.4, -0.2) is 38.7 Å². The summed E-state index contributed by atoms with van der Waals surface area (Å²) in [6.07, 6.45) is 7.48. The van der Waals surface area contributed by atoms with Crippen molar-refractivity contribution in [3.05, 3.63) is 35.7 Å². The van der Waals surface area contributed by atoms with Gasteiger partial charge in [0.1, 0.15) is 18.1 Å². The predicted octanol–water partition coefficient (Wildman–Crippen LogP) is 1.66. The highest BCUT2D eigenvalue weighted by Gasteiger charge is 2.31. The molecule has 22 heavy (non-hydrogen) atoms. The minimum Gasteiger partial charge on any atom is -0.365 e. The zero-order valence-electron chi connectivity index (χ0n) is 12.2. The fourth-order valence-corrected chi connectivity index (χ4v) is 3.03. The van der Waals surface area contributed by atoms with Crippen LogP contribution >= 0.6 is 0 Å². The second-order valence-corrected chi connectivity index (χ2v) is 5.99. The van der Waals surface area contributed by atoms with E-state index in [1.54, 1.807) is 0 Å². The van der Waals surface area contributed by atoms with E-state index < -0.39 is 0 Å². The lowest BCUT2D eigenvalue weighted by Gasteiger charge is -2.13. The zero-order chi connectivity index (χ0) is 14.9. The van der Waals surface area contributed by atoms with Gasteiger partial charge >= 0.3 is 0 Å². The number of hydrogen-bond acceptors (Lipinski definition) is 4.